The van der Waals surface area contributed by atoms with Crippen molar-refractivity contribution < 1.29 is 23.8 Å². The summed E-state index contributed by atoms with van der Waals surface area (Å²) in [4.78, 5) is 25.7. The summed E-state index contributed by atoms with van der Waals surface area (Å²) in [5, 5.41) is 20.7. The molecule has 3 N–H and O–H groups in total. The molecule has 0 saturated heterocycles. The Morgan fingerprint density at radius 3 is 2.58 bits per heavy atom. The van der Waals surface area contributed by atoms with Crippen molar-refractivity contribution in [3.63, 3.8) is 0 Å². The number of aromatic nitrogens is 2. The van der Waals surface area contributed by atoms with Crippen LogP contribution in [0.1, 0.15) is 47.3 Å². The number of aromatic hydroxyl groups is 1. The maximum Gasteiger partial charge on any atom is 0.342 e. The van der Waals surface area contributed by atoms with E-state index in [9.17, 15) is 19.1 Å². The fraction of sp³-hybridized carbons (Fsp3) is 0.207. The van der Waals surface area contributed by atoms with Crippen LogP contribution in [0.5, 0.6) is 11.5 Å². The van der Waals surface area contributed by atoms with Gasteiger partial charge in [0.25, 0.3) is 5.91 Å². The van der Waals surface area contributed by atoms with Crippen LogP contribution in [0.3, 0.4) is 0 Å². The first-order valence-electron chi connectivity index (χ1n) is 12.4. The van der Waals surface area contributed by atoms with Crippen molar-refractivity contribution in [2.24, 2.45) is 0 Å². The summed E-state index contributed by atoms with van der Waals surface area (Å²) in [5.41, 5.74) is 3.08. The molecule has 0 radical (unpaired) electrons. The van der Waals surface area contributed by atoms with Gasteiger partial charge in [0.2, 0.25) is 0 Å². The van der Waals surface area contributed by atoms with Crippen LogP contribution >= 0.6 is 0 Å². The number of phenols is 1. The van der Waals surface area contributed by atoms with Gasteiger partial charge < -0.3 is 20.5 Å². The van der Waals surface area contributed by atoms with Crippen LogP contribution in [0, 0.1) is 5.82 Å². The molecule has 1 aliphatic rings. The van der Waals surface area contributed by atoms with E-state index in [0.717, 1.165) is 18.5 Å². The quantitative estimate of drug-likeness (QED) is 0.262. The summed E-state index contributed by atoms with van der Waals surface area (Å²) in [5.74, 6) is 0.155. The van der Waals surface area contributed by atoms with Gasteiger partial charge in [0.15, 0.2) is 0 Å². The normalized spacial score (nSPS) is 12.7. The summed E-state index contributed by atoms with van der Waals surface area (Å²) < 4.78 is 20.2. The van der Waals surface area contributed by atoms with Gasteiger partial charge >= 0.3 is 6.03 Å². The summed E-state index contributed by atoms with van der Waals surface area (Å²) in [6.45, 7) is 2.57. The average Bonchev–Trinajstić information content (AvgIpc) is 3.67. The fourth-order valence-electron chi connectivity index (χ4n) is 4.15. The molecule has 8 nitrogen and oxygen atoms in total. The average molecular weight is 515 g/mol. The minimum Gasteiger partial charge on any atom is -0.507 e. The molecule has 4 aromatic rings. The first-order chi connectivity index (χ1) is 18.4. The Bertz CT molecular complexity index is 1480. The molecule has 1 aromatic heterocycles. The van der Waals surface area contributed by atoms with E-state index in [1.165, 1.54) is 22.9 Å². The molecule has 0 atom stereocenters. The number of hydrogen-bond donors (Lipinski definition) is 3. The predicted molar refractivity (Wildman–Crippen MR) is 141 cm³/mol. The van der Waals surface area contributed by atoms with Crippen LogP contribution in [0.15, 0.2) is 72.8 Å². The number of halogens is 1. The molecule has 5 rings (SSSR count). The molecule has 194 valence electrons. The molecule has 0 bridgehead atoms. The number of phenolic OH excluding ortho intramolecular Hbond substituents is 1. The topological polar surface area (TPSA) is 105 Å². The van der Waals surface area contributed by atoms with Crippen molar-refractivity contribution in [3.8, 4) is 22.8 Å². The Morgan fingerprint density at radius 1 is 1.08 bits per heavy atom. The van der Waals surface area contributed by atoms with Gasteiger partial charge in [-0.15, -0.1) is 0 Å². The van der Waals surface area contributed by atoms with E-state index >= 15 is 0 Å². The summed E-state index contributed by atoms with van der Waals surface area (Å²) >= 11 is 0. The Kier molecular flexibility index (Phi) is 7.08. The molecule has 0 spiro atoms. The number of amides is 2. The second kappa shape index (κ2) is 10.8. The van der Waals surface area contributed by atoms with Gasteiger partial charge in [-0.1, -0.05) is 12.1 Å². The van der Waals surface area contributed by atoms with Gasteiger partial charge in [-0.2, -0.15) is 9.78 Å². The number of nitrogens with one attached hydrogen (secondary N) is 2. The SMILES string of the molecule is CCOc1ccc(C(=O)Nc2ccc(O)c(-c3cc(C4CC4)n(C(=O)NCc4cccc(F)c4)n3)c2)cc1. The van der Waals surface area contributed by atoms with Crippen molar-refractivity contribution in [2.45, 2.75) is 32.2 Å². The number of anilines is 1. The van der Waals surface area contributed by atoms with E-state index in [1.54, 1.807) is 54.6 Å². The fourth-order valence-corrected chi connectivity index (χ4v) is 4.15. The molecular weight excluding hydrogens is 487 g/mol. The maximum absolute atomic E-state index is 13.5. The first-order valence-corrected chi connectivity index (χ1v) is 12.4. The van der Waals surface area contributed by atoms with E-state index in [2.05, 4.69) is 15.7 Å². The number of rotatable bonds is 8. The van der Waals surface area contributed by atoms with E-state index in [4.69, 9.17) is 4.74 Å². The van der Waals surface area contributed by atoms with Crippen LogP contribution < -0.4 is 15.4 Å². The van der Waals surface area contributed by atoms with Gasteiger partial charge in [0.1, 0.15) is 17.3 Å². The lowest BCUT2D eigenvalue weighted by Gasteiger charge is -2.09. The molecular formula is C29H27FN4O4. The summed E-state index contributed by atoms with van der Waals surface area (Å²) in [6, 6.07) is 18.9. The lowest BCUT2D eigenvalue weighted by Crippen LogP contribution is -2.30. The number of benzene rings is 3. The van der Waals surface area contributed by atoms with Gasteiger partial charge in [-0.05, 0) is 86.0 Å². The van der Waals surface area contributed by atoms with Crippen LogP contribution in [0.2, 0.25) is 0 Å². The maximum atomic E-state index is 13.5. The van der Waals surface area contributed by atoms with Gasteiger partial charge in [-0.3, -0.25) is 4.79 Å². The van der Waals surface area contributed by atoms with Gasteiger partial charge in [0.05, 0.1) is 18.0 Å². The lowest BCUT2D eigenvalue weighted by molar-refractivity contribution is 0.102. The predicted octanol–water partition coefficient (Wildman–Crippen LogP) is 5.68. The third kappa shape index (κ3) is 5.67. The van der Waals surface area contributed by atoms with E-state index in [-0.39, 0.29) is 29.9 Å². The highest BCUT2D eigenvalue weighted by Crippen LogP contribution is 2.42. The van der Waals surface area contributed by atoms with Crippen LogP contribution in [0.4, 0.5) is 14.9 Å². The Balaban J connectivity index is 1.35. The highest BCUT2D eigenvalue weighted by atomic mass is 19.1. The van der Waals surface area contributed by atoms with Gasteiger partial charge in [-0.25, -0.2) is 9.18 Å². The van der Waals surface area contributed by atoms with Crippen molar-refractivity contribution in [1.29, 1.82) is 0 Å². The summed E-state index contributed by atoms with van der Waals surface area (Å²) in [6.07, 6.45) is 1.87. The smallest absolute Gasteiger partial charge is 0.342 e. The highest BCUT2D eigenvalue weighted by molar-refractivity contribution is 6.04. The van der Waals surface area contributed by atoms with Crippen LogP contribution in [-0.4, -0.2) is 33.4 Å². The third-order valence-electron chi connectivity index (χ3n) is 6.22. The van der Waals surface area contributed by atoms with Crippen molar-refractivity contribution in [1.82, 2.24) is 15.1 Å². The Morgan fingerprint density at radius 2 is 1.87 bits per heavy atom. The molecule has 1 aliphatic carbocycles. The zero-order valence-corrected chi connectivity index (χ0v) is 20.8. The van der Waals surface area contributed by atoms with Crippen molar-refractivity contribution in [3.05, 3.63) is 95.4 Å². The second-order valence-corrected chi connectivity index (χ2v) is 9.07. The van der Waals surface area contributed by atoms with Crippen molar-refractivity contribution in [2.75, 3.05) is 11.9 Å². The van der Waals surface area contributed by atoms with E-state index in [1.807, 2.05) is 6.92 Å². The highest BCUT2D eigenvalue weighted by Gasteiger charge is 2.31. The minimum absolute atomic E-state index is 0.0313. The number of carbonyl (C=O) groups excluding carboxylic acids is 2. The standard InChI is InChI=1S/C29H27FN4O4/c1-2-38-23-11-8-20(9-12-23)28(36)32-22-10-13-27(35)24(15-22)25-16-26(19-6-7-19)34(33-25)29(37)31-17-18-4-3-5-21(30)14-18/h3-5,8-16,19,35H,2,6-7,17H2,1H3,(H,31,37)(H,32,36). The lowest BCUT2D eigenvalue weighted by atomic mass is 10.1. The first kappa shape index (κ1) is 25.0. The van der Waals surface area contributed by atoms with Crippen LogP contribution in [0.25, 0.3) is 11.3 Å². The van der Waals surface area contributed by atoms with Gasteiger partial charge in [0, 0.05) is 29.3 Å². The van der Waals surface area contributed by atoms with Crippen LogP contribution in [-0.2, 0) is 6.54 Å². The Hall–Kier alpha value is -4.66. The zero-order valence-electron chi connectivity index (χ0n) is 20.8. The number of ether oxygens (including phenoxy) is 1. The monoisotopic (exact) mass is 514 g/mol. The molecule has 0 aliphatic heterocycles. The van der Waals surface area contributed by atoms with E-state index in [0.29, 0.717) is 40.4 Å². The molecule has 3 aromatic carbocycles. The second-order valence-electron chi connectivity index (χ2n) is 9.07. The number of carbonyl (C=O) groups is 2. The third-order valence-corrected chi connectivity index (χ3v) is 6.22. The minimum atomic E-state index is -0.443. The molecule has 2 amide bonds. The number of nitrogens with zero attached hydrogens (tertiary/aromatic N) is 2. The molecule has 1 saturated carbocycles. The summed E-state index contributed by atoms with van der Waals surface area (Å²) in [7, 11) is 0. The van der Waals surface area contributed by atoms with Crippen molar-refractivity contribution >= 4 is 17.6 Å². The van der Waals surface area contributed by atoms with E-state index < -0.39 is 6.03 Å². The molecule has 0 unspecified atom stereocenters. The largest absolute Gasteiger partial charge is 0.507 e. The molecule has 9 heteroatoms. The molecule has 38 heavy (non-hydrogen) atoms. The Labute approximate surface area is 219 Å². The molecule has 1 fully saturated rings. The molecule has 1 heterocycles. The zero-order chi connectivity index (χ0) is 26.6. The number of hydrogen-bond acceptors (Lipinski definition) is 5.